The average Bonchev–Trinajstić information content (AvgIpc) is 3.04. The zero-order valence-electron chi connectivity index (χ0n) is 9.79. The quantitative estimate of drug-likeness (QED) is 0.763. The zero-order valence-corrected chi connectivity index (χ0v) is 9.79. The molecule has 0 saturated heterocycles. The summed E-state index contributed by atoms with van der Waals surface area (Å²) < 4.78 is 0. The van der Waals surface area contributed by atoms with E-state index in [0.717, 1.165) is 5.92 Å². The highest BCUT2D eigenvalue weighted by Gasteiger charge is 2.30. The van der Waals surface area contributed by atoms with Crippen molar-refractivity contribution < 1.29 is 0 Å². The van der Waals surface area contributed by atoms with Crippen molar-refractivity contribution in [3.05, 3.63) is 29.8 Å². The van der Waals surface area contributed by atoms with E-state index >= 15 is 0 Å². The summed E-state index contributed by atoms with van der Waals surface area (Å²) in [5.74, 6) is 0.935. The van der Waals surface area contributed by atoms with E-state index in [1.54, 1.807) is 0 Å². The van der Waals surface area contributed by atoms with Crippen molar-refractivity contribution in [1.82, 2.24) is 0 Å². The Kier molecular flexibility index (Phi) is 3.30. The summed E-state index contributed by atoms with van der Waals surface area (Å²) in [5, 5.41) is 3.71. The van der Waals surface area contributed by atoms with Gasteiger partial charge in [-0.05, 0) is 43.7 Å². The normalized spacial score (nSPS) is 17.5. The maximum atomic E-state index is 3.71. The molecule has 0 radical (unpaired) electrons. The first-order chi connectivity index (χ1) is 7.31. The highest BCUT2D eigenvalue weighted by Crippen LogP contribution is 2.36. The number of hydrogen-bond donors (Lipinski definition) is 1. The van der Waals surface area contributed by atoms with Crippen molar-refractivity contribution in [2.45, 2.75) is 45.6 Å². The van der Waals surface area contributed by atoms with Crippen LogP contribution in [-0.2, 0) is 0 Å². The lowest BCUT2D eigenvalue weighted by Gasteiger charge is -2.20. The fourth-order valence-corrected chi connectivity index (χ4v) is 2.17. The van der Waals surface area contributed by atoms with Gasteiger partial charge in [0, 0.05) is 11.7 Å². The maximum absolute atomic E-state index is 3.71. The lowest BCUT2D eigenvalue weighted by atomic mass is 10.1. The first-order valence-corrected chi connectivity index (χ1v) is 6.13. The second-order valence-corrected chi connectivity index (χ2v) is 4.69. The Balaban J connectivity index is 2.02. The van der Waals surface area contributed by atoms with E-state index in [2.05, 4.69) is 43.4 Å². The van der Waals surface area contributed by atoms with Crippen LogP contribution >= 0.6 is 0 Å². The predicted molar refractivity (Wildman–Crippen MR) is 66.2 cm³/mol. The summed E-state index contributed by atoms with van der Waals surface area (Å²) in [5.41, 5.74) is 2.68. The first-order valence-electron chi connectivity index (χ1n) is 6.13. The molecule has 1 unspecified atom stereocenters. The Morgan fingerprint density at radius 1 is 1.33 bits per heavy atom. The van der Waals surface area contributed by atoms with Crippen LogP contribution in [0.15, 0.2) is 24.3 Å². The second kappa shape index (κ2) is 4.69. The minimum Gasteiger partial charge on any atom is -0.382 e. The lowest BCUT2D eigenvalue weighted by molar-refractivity contribution is 0.577. The Morgan fingerprint density at radius 2 is 2.07 bits per heavy atom. The van der Waals surface area contributed by atoms with E-state index in [4.69, 9.17) is 0 Å². The van der Waals surface area contributed by atoms with Gasteiger partial charge in [-0.25, -0.2) is 0 Å². The fraction of sp³-hybridized carbons (Fsp3) is 0.571. The molecule has 1 saturated carbocycles. The summed E-state index contributed by atoms with van der Waals surface area (Å²) in [6.07, 6.45) is 5.42. The van der Waals surface area contributed by atoms with Crippen LogP contribution in [0.3, 0.4) is 0 Å². The van der Waals surface area contributed by atoms with Crippen LogP contribution in [0.1, 0.15) is 38.2 Å². The third-order valence-corrected chi connectivity index (χ3v) is 3.28. The minimum atomic E-state index is 0.705. The van der Waals surface area contributed by atoms with E-state index in [-0.39, 0.29) is 0 Å². The van der Waals surface area contributed by atoms with Gasteiger partial charge in [-0.15, -0.1) is 0 Å². The van der Waals surface area contributed by atoms with Crippen LogP contribution in [-0.4, -0.2) is 6.04 Å². The Hall–Kier alpha value is -0.980. The first kappa shape index (κ1) is 10.5. The van der Waals surface area contributed by atoms with Crippen LogP contribution < -0.4 is 5.32 Å². The SMILES string of the molecule is CCCC(Nc1ccccc1C)C1CC1. The van der Waals surface area contributed by atoms with Crippen molar-refractivity contribution in [3.8, 4) is 0 Å². The molecule has 1 aromatic carbocycles. The Bertz CT molecular complexity index is 315. The maximum Gasteiger partial charge on any atom is 0.0372 e. The summed E-state index contributed by atoms with van der Waals surface area (Å²) >= 11 is 0. The van der Waals surface area contributed by atoms with Crippen molar-refractivity contribution in [3.63, 3.8) is 0 Å². The molecule has 1 aliphatic rings. The van der Waals surface area contributed by atoms with Gasteiger partial charge in [-0.1, -0.05) is 31.5 Å². The molecule has 1 aromatic rings. The molecule has 0 aliphatic heterocycles. The molecule has 0 amide bonds. The van der Waals surface area contributed by atoms with Gasteiger partial charge in [-0.3, -0.25) is 0 Å². The Labute approximate surface area is 92.9 Å². The van der Waals surface area contributed by atoms with Crippen LogP contribution in [0.5, 0.6) is 0 Å². The van der Waals surface area contributed by atoms with Crippen molar-refractivity contribution in [1.29, 1.82) is 0 Å². The summed E-state index contributed by atoms with van der Waals surface area (Å²) in [7, 11) is 0. The minimum absolute atomic E-state index is 0.705. The number of hydrogen-bond acceptors (Lipinski definition) is 1. The highest BCUT2D eigenvalue weighted by atomic mass is 14.9. The van der Waals surface area contributed by atoms with Gasteiger partial charge in [-0.2, -0.15) is 0 Å². The van der Waals surface area contributed by atoms with Gasteiger partial charge in [0.2, 0.25) is 0 Å². The molecular formula is C14H21N. The molecule has 1 fully saturated rings. The molecule has 0 bridgehead atoms. The van der Waals surface area contributed by atoms with Gasteiger partial charge in [0.15, 0.2) is 0 Å². The number of nitrogens with one attached hydrogen (secondary N) is 1. The summed E-state index contributed by atoms with van der Waals surface area (Å²) in [6, 6.07) is 9.30. The Morgan fingerprint density at radius 3 is 2.67 bits per heavy atom. The smallest absolute Gasteiger partial charge is 0.0372 e. The third kappa shape index (κ3) is 2.74. The van der Waals surface area contributed by atoms with Crippen LogP contribution in [0.25, 0.3) is 0 Å². The molecule has 1 N–H and O–H groups in total. The molecule has 15 heavy (non-hydrogen) atoms. The van der Waals surface area contributed by atoms with E-state index in [1.807, 2.05) is 0 Å². The van der Waals surface area contributed by atoms with Crippen LogP contribution in [0.4, 0.5) is 5.69 Å². The average molecular weight is 203 g/mol. The molecule has 0 spiro atoms. The largest absolute Gasteiger partial charge is 0.382 e. The zero-order chi connectivity index (χ0) is 10.7. The number of para-hydroxylation sites is 1. The van der Waals surface area contributed by atoms with Crippen LogP contribution in [0.2, 0.25) is 0 Å². The van der Waals surface area contributed by atoms with Gasteiger partial charge >= 0.3 is 0 Å². The van der Waals surface area contributed by atoms with E-state index in [9.17, 15) is 0 Å². The predicted octanol–water partition coefficient (Wildman–Crippen LogP) is 3.99. The van der Waals surface area contributed by atoms with Crippen LogP contribution in [0, 0.1) is 12.8 Å². The van der Waals surface area contributed by atoms with E-state index < -0.39 is 0 Å². The van der Waals surface area contributed by atoms with Crippen molar-refractivity contribution in [2.24, 2.45) is 5.92 Å². The molecular weight excluding hydrogens is 182 g/mol. The fourth-order valence-electron chi connectivity index (χ4n) is 2.17. The number of aryl methyl sites for hydroxylation is 1. The molecule has 1 heteroatoms. The lowest BCUT2D eigenvalue weighted by Crippen LogP contribution is -2.21. The molecule has 1 aliphatic carbocycles. The van der Waals surface area contributed by atoms with Gasteiger partial charge in [0.1, 0.15) is 0 Å². The monoisotopic (exact) mass is 203 g/mol. The summed E-state index contributed by atoms with van der Waals surface area (Å²) in [4.78, 5) is 0. The molecule has 2 rings (SSSR count). The molecule has 1 nitrogen and oxygen atoms in total. The van der Waals surface area contributed by atoms with E-state index in [1.165, 1.54) is 36.9 Å². The van der Waals surface area contributed by atoms with Crippen molar-refractivity contribution >= 4 is 5.69 Å². The third-order valence-electron chi connectivity index (χ3n) is 3.28. The van der Waals surface area contributed by atoms with Gasteiger partial charge in [0.25, 0.3) is 0 Å². The highest BCUT2D eigenvalue weighted by molar-refractivity contribution is 5.51. The van der Waals surface area contributed by atoms with Gasteiger partial charge in [0.05, 0.1) is 0 Å². The van der Waals surface area contributed by atoms with Gasteiger partial charge < -0.3 is 5.32 Å². The van der Waals surface area contributed by atoms with E-state index in [0.29, 0.717) is 6.04 Å². The number of anilines is 1. The standard InChI is InChI=1S/C14H21N/c1-3-6-14(12-9-10-12)15-13-8-5-4-7-11(13)2/h4-5,7-8,12,14-15H,3,6,9-10H2,1-2H3. The second-order valence-electron chi connectivity index (χ2n) is 4.69. The topological polar surface area (TPSA) is 12.0 Å². The molecule has 1 atom stereocenters. The molecule has 0 aromatic heterocycles. The number of benzene rings is 1. The molecule has 0 heterocycles. The summed E-state index contributed by atoms with van der Waals surface area (Å²) in [6.45, 7) is 4.45. The number of rotatable bonds is 5. The van der Waals surface area contributed by atoms with Crippen molar-refractivity contribution in [2.75, 3.05) is 5.32 Å². The molecule has 82 valence electrons.